The molecule has 0 aromatic heterocycles. The van der Waals surface area contributed by atoms with Crippen molar-refractivity contribution in [2.75, 3.05) is 26.2 Å². The molecule has 92 valence electrons. The van der Waals surface area contributed by atoms with Crippen molar-refractivity contribution < 1.29 is 4.79 Å². The molecule has 0 spiro atoms. The smallest absolute Gasteiger partial charge is 0.222 e. The average molecular weight is 224 g/mol. The summed E-state index contributed by atoms with van der Waals surface area (Å²) in [7, 11) is 0. The van der Waals surface area contributed by atoms with E-state index >= 15 is 0 Å². The van der Waals surface area contributed by atoms with Gasteiger partial charge in [-0.3, -0.25) is 4.79 Å². The van der Waals surface area contributed by atoms with Crippen LogP contribution in [0.4, 0.5) is 0 Å². The zero-order valence-electron chi connectivity index (χ0n) is 10.2. The fourth-order valence-electron chi connectivity index (χ4n) is 2.79. The number of nitrogens with zero attached hydrogens (tertiary/aromatic N) is 1. The van der Waals surface area contributed by atoms with E-state index in [1.807, 2.05) is 0 Å². The van der Waals surface area contributed by atoms with Gasteiger partial charge in [-0.1, -0.05) is 12.8 Å². The highest BCUT2D eigenvalue weighted by molar-refractivity contribution is 5.76. The van der Waals surface area contributed by atoms with Gasteiger partial charge in [0.15, 0.2) is 0 Å². The molecule has 0 saturated carbocycles. The van der Waals surface area contributed by atoms with Crippen molar-refractivity contribution in [2.24, 2.45) is 5.92 Å². The first-order valence-corrected chi connectivity index (χ1v) is 6.85. The maximum atomic E-state index is 12.1. The third kappa shape index (κ3) is 3.48. The lowest BCUT2D eigenvalue weighted by molar-refractivity contribution is -0.132. The number of amides is 1. The molecule has 2 aliphatic heterocycles. The van der Waals surface area contributed by atoms with Crippen LogP contribution in [0.3, 0.4) is 0 Å². The second kappa shape index (κ2) is 6.24. The van der Waals surface area contributed by atoms with Gasteiger partial charge >= 0.3 is 0 Å². The number of likely N-dealkylation sites (tertiary alicyclic amines) is 1. The second-order valence-corrected chi connectivity index (χ2v) is 5.21. The first kappa shape index (κ1) is 11.9. The fraction of sp³-hybridized carbons (Fsp3) is 0.923. The summed E-state index contributed by atoms with van der Waals surface area (Å²) in [4.78, 5) is 14.2. The first-order valence-electron chi connectivity index (χ1n) is 6.85. The Morgan fingerprint density at radius 3 is 2.50 bits per heavy atom. The van der Waals surface area contributed by atoms with E-state index in [0.717, 1.165) is 32.6 Å². The van der Waals surface area contributed by atoms with Crippen molar-refractivity contribution >= 4 is 5.91 Å². The highest BCUT2D eigenvalue weighted by atomic mass is 16.2. The number of piperidine rings is 1. The van der Waals surface area contributed by atoms with Crippen molar-refractivity contribution in [3.63, 3.8) is 0 Å². The standard InChI is InChI=1S/C13H24N2O/c16-13(10-12-6-5-7-14-11-12)15-8-3-1-2-4-9-15/h12,14H,1-11H2/t12-/m0/s1. The summed E-state index contributed by atoms with van der Waals surface area (Å²) in [6.45, 7) is 4.17. The molecule has 0 bridgehead atoms. The maximum Gasteiger partial charge on any atom is 0.222 e. The van der Waals surface area contributed by atoms with E-state index in [-0.39, 0.29) is 0 Å². The molecule has 2 fully saturated rings. The van der Waals surface area contributed by atoms with Gasteiger partial charge in [0, 0.05) is 19.5 Å². The van der Waals surface area contributed by atoms with Crippen LogP contribution >= 0.6 is 0 Å². The summed E-state index contributed by atoms with van der Waals surface area (Å²) in [5, 5.41) is 3.38. The molecule has 3 nitrogen and oxygen atoms in total. The average Bonchev–Trinajstić information content (AvgIpc) is 2.59. The molecule has 0 unspecified atom stereocenters. The molecule has 2 aliphatic rings. The monoisotopic (exact) mass is 224 g/mol. The molecule has 0 aromatic rings. The summed E-state index contributed by atoms with van der Waals surface area (Å²) in [6, 6.07) is 0. The Bertz CT molecular complexity index is 216. The van der Waals surface area contributed by atoms with Crippen LogP contribution in [-0.4, -0.2) is 37.0 Å². The van der Waals surface area contributed by atoms with Gasteiger partial charge in [-0.05, 0) is 44.7 Å². The Kier molecular flexibility index (Phi) is 4.64. The molecular formula is C13H24N2O. The number of carbonyl (C=O) groups is 1. The van der Waals surface area contributed by atoms with E-state index in [4.69, 9.17) is 0 Å². The lowest BCUT2D eigenvalue weighted by Gasteiger charge is -2.26. The summed E-state index contributed by atoms with van der Waals surface area (Å²) < 4.78 is 0. The largest absolute Gasteiger partial charge is 0.343 e. The van der Waals surface area contributed by atoms with Gasteiger partial charge in [0.25, 0.3) is 0 Å². The van der Waals surface area contributed by atoms with Crippen molar-refractivity contribution in [3.8, 4) is 0 Å². The Balaban J connectivity index is 1.76. The second-order valence-electron chi connectivity index (χ2n) is 5.21. The maximum absolute atomic E-state index is 12.1. The SMILES string of the molecule is O=C(C[C@@H]1CCCNC1)N1CCCCCC1. The summed E-state index contributed by atoms with van der Waals surface area (Å²) in [5.74, 6) is 0.986. The van der Waals surface area contributed by atoms with Crippen LogP contribution in [-0.2, 0) is 4.79 Å². The van der Waals surface area contributed by atoms with Crippen LogP contribution in [0.25, 0.3) is 0 Å². The molecule has 2 saturated heterocycles. The predicted molar refractivity (Wildman–Crippen MR) is 65.3 cm³/mol. The lowest BCUT2D eigenvalue weighted by atomic mass is 9.95. The third-order valence-electron chi connectivity index (χ3n) is 3.82. The van der Waals surface area contributed by atoms with Gasteiger partial charge in [0.2, 0.25) is 5.91 Å². The lowest BCUT2D eigenvalue weighted by Crippen LogP contribution is -2.37. The Labute approximate surface area is 98.6 Å². The number of rotatable bonds is 2. The topological polar surface area (TPSA) is 32.3 Å². The van der Waals surface area contributed by atoms with Crippen LogP contribution in [0, 0.1) is 5.92 Å². The van der Waals surface area contributed by atoms with Gasteiger partial charge in [0.1, 0.15) is 0 Å². The Morgan fingerprint density at radius 2 is 1.88 bits per heavy atom. The van der Waals surface area contributed by atoms with E-state index in [1.54, 1.807) is 0 Å². The molecule has 3 heteroatoms. The van der Waals surface area contributed by atoms with E-state index in [0.29, 0.717) is 11.8 Å². The summed E-state index contributed by atoms with van der Waals surface area (Å²) >= 11 is 0. The molecular weight excluding hydrogens is 200 g/mol. The molecule has 2 rings (SSSR count). The van der Waals surface area contributed by atoms with Gasteiger partial charge < -0.3 is 10.2 Å². The van der Waals surface area contributed by atoms with Crippen molar-refractivity contribution in [3.05, 3.63) is 0 Å². The van der Waals surface area contributed by atoms with E-state index in [2.05, 4.69) is 10.2 Å². The van der Waals surface area contributed by atoms with Crippen LogP contribution < -0.4 is 5.32 Å². The Hall–Kier alpha value is -0.570. The van der Waals surface area contributed by atoms with Crippen LogP contribution in [0.15, 0.2) is 0 Å². The highest BCUT2D eigenvalue weighted by Gasteiger charge is 2.21. The minimum atomic E-state index is 0.399. The Morgan fingerprint density at radius 1 is 1.12 bits per heavy atom. The van der Waals surface area contributed by atoms with Crippen molar-refractivity contribution in [1.29, 1.82) is 0 Å². The summed E-state index contributed by atoms with van der Waals surface area (Å²) in [6.07, 6.45) is 8.24. The first-order chi connectivity index (χ1) is 7.86. The number of hydrogen-bond acceptors (Lipinski definition) is 2. The van der Waals surface area contributed by atoms with Gasteiger partial charge in [-0.2, -0.15) is 0 Å². The number of hydrogen-bond donors (Lipinski definition) is 1. The van der Waals surface area contributed by atoms with Crippen LogP contribution in [0.5, 0.6) is 0 Å². The van der Waals surface area contributed by atoms with E-state index in [1.165, 1.54) is 38.5 Å². The van der Waals surface area contributed by atoms with E-state index in [9.17, 15) is 4.79 Å². The minimum Gasteiger partial charge on any atom is -0.343 e. The summed E-state index contributed by atoms with van der Waals surface area (Å²) in [5.41, 5.74) is 0. The van der Waals surface area contributed by atoms with Crippen molar-refractivity contribution in [2.45, 2.75) is 44.9 Å². The van der Waals surface area contributed by atoms with Gasteiger partial charge in [-0.15, -0.1) is 0 Å². The van der Waals surface area contributed by atoms with Crippen molar-refractivity contribution in [1.82, 2.24) is 10.2 Å². The quantitative estimate of drug-likeness (QED) is 0.775. The molecule has 16 heavy (non-hydrogen) atoms. The molecule has 0 aromatic carbocycles. The molecule has 0 radical (unpaired) electrons. The van der Waals surface area contributed by atoms with Crippen LogP contribution in [0.1, 0.15) is 44.9 Å². The minimum absolute atomic E-state index is 0.399. The molecule has 1 amide bonds. The normalized spacial score (nSPS) is 27.5. The van der Waals surface area contributed by atoms with Gasteiger partial charge in [0.05, 0.1) is 0 Å². The zero-order valence-corrected chi connectivity index (χ0v) is 10.2. The highest BCUT2D eigenvalue weighted by Crippen LogP contribution is 2.17. The molecule has 2 heterocycles. The predicted octanol–water partition coefficient (Wildman–Crippen LogP) is 1.78. The number of carbonyl (C=O) groups excluding carboxylic acids is 1. The number of nitrogens with one attached hydrogen (secondary N) is 1. The van der Waals surface area contributed by atoms with Gasteiger partial charge in [-0.25, -0.2) is 0 Å². The fourth-order valence-corrected chi connectivity index (χ4v) is 2.79. The van der Waals surface area contributed by atoms with Crippen LogP contribution in [0.2, 0.25) is 0 Å². The molecule has 1 atom stereocenters. The third-order valence-corrected chi connectivity index (χ3v) is 3.82. The molecule has 0 aliphatic carbocycles. The zero-order chi connectivity index (χ0) is 11.2. The molecule has 1 N–H and O–H groups in total. The van der Waals surface area contributed by atoms with E-state index < -0.39 is 0 Å².